The van der Waals surface area contributed by atoms with Crippen molar-refractivity contribution in [3.63, 3.8) is 0 Å². The summed E-state index contributed by atoms with van der Waals surface area (Å²) in [5, 5.41) is 7.00. The van der Waals surface area contributed by atoms with Crippen molar-refractivity contribution in [3.8, 4) is 0 Å². The van der Waals surface area contributed by atoms with Gasteiger partial charge in [-0.2, -0.15) is 0 Å². The van der Waals surface area contributed by atoms with Crippen molar-refractivity contribution < 1.29 is 20.9 Å². The molecule has 3 N–H and O–H groups in total. The molecule has 26 heavy (non-hydrogen) atoms. The largest absolute Gasteiger partial charge is 0.400 e. The lowest BCUT2D eigenvalue weighted by Gasteiger charge is -2.25. The first-order valence-corrected chi connectivity index (χ1v) is 10.4. The summed E-state index contributed by atoms with van der Waals surface area (Å²) >= 11 is 0. The molecular formula is C21H45NO4. The van der Waals surface area contributed by atoms with Crippen LogP contribution < -0.4 is 5.73 Å². The van der Waals surface area contributed by atoms with Crippen molar-refractivity contribution in [2.24, 2.45) is 17.6 Å². The molecule has 5 nitrogen and oxygen atoms in total. The van der Waals surface area contributed by atoms with Crippen molar-refractivity contribution in [2.45, 2.75) is 98.0 Å². The van der Waals surface area contributed by atoms with Gasteiger partial charge in [-0.05, 0) is 32.1 Å². The third-order valence-corrected chi connectivity index (χ3v) is 4.55. The Balaban J connectivity index is -0.000000362. The summed E-state index contributed by atoms with van der Waals surface area (Å²) in [7, 11) is 1.00. The van der Waals surface area contributed by atoms with E-state index in [2.05, 4.69) is 0 Å². The Morgan fingerprint density at radius 1 is 1.04 bits per heavy atom. The molecule has 0 bridgehead atoms. The van der Waals surface area contributed by atoms with E-state index in [4.69, 9.17) is 15.6 Å². The molecule has 0 aromatic carbocycles. The molecule has 158 valence electrons. The minimum absolute atomic E-state index is 0. The van der Waals surface area contributed by atoms with Crippen molar-refractivity contribution in [2.75, 3.05) is 13.7 Å². The highest BCUT2D eigenvalue weighted by atomic mass is 16.5. The van der Waals surface area contributed by atoms with Crippen LogP contribution in [0.5, 0.6) is 0 Å². The average Bonchev–Trinajstić information content (AvgIpc) is 2.62. The van der Waals surface area contributed by atoms with Gasteiger partial charge in [0.1, 0.15) is 5.78 Å². The number of ketones is 1. The van der Waals surface area contributed by atoms with Gasteiger partial charge in [-0.3, -0.25) is 9.59 Å². The third-order valence-electron chi connectivity index (χ3n) is 4.55. The van der Waals surface area contributed by atoms with Crippen molar-refractivity contribution in [1.82, 2.24) is 0 Å². The molecule has 0 aromatic rings. The number of ether oxygens (including phenoxy) is 1. The van der Waals surface area contributed by atoms with Gasteiger partial charge in [0.2, 0.25) is 5.91 Å². The minimum Gasteiger partial charge on any atom is -0.400 e. The van der Waals surface area contributed by atoms with Gasteiger partial charge in [-0.25, -0.2) is 0 Å². The number of rotatable bonds is 7. The van der Waals surface area contributed by atoms with E-state index in [1.807, 2.05) is 27.7 Å². The molecule has 2 aliphatic rings. The van der Waals surface area contributed by atoms with Crippen LogP contribution in [0.3, 0.4) is 0 Å². The zero-order valence-corrected chi connectivity index (χ0v) is 17.8. The lowest BCUT2D eigenvalue weighted by molar-refractivity contribution is -0.128. The zero-order chi connectivity index (χ0) is 20.4. The van der Waals surface area contributed by atoms with Gasteiger partial charge in [0.05, 0.1) is 6.10 Å². The third kappa shape index (κ3) is 14.3. The Morgan fingerprint density at radius 3 is 1.92 bits per heavy atom. The van der Waals surface area contributed by atoms with Gasteiger partial charge >= 0.3 is 0 Å². The quantitative estimate of drug-likeness (QED) is 0.641. The molecule has 0 saturated heterocycles. The van der Waals surface area contributed by atoms with E-state index >= 15 is 0 Å². The van der Waals surface area contributed by atoms with Gasteiger partial charge < -0.3 is 15.6 Å². The van der Waals surface area contributed by atoms with E-state index in [0.29, 0.717) is 30.8 Å². The van der Waals surface area contributed by atoms with Gasteiger partial charge in [-0.1, -0.05) is 53.4 Å². The number of nitrogens with two attached hydrogens (primary N) is 1. The highest BCUT2D eigenvalue weighted by Gasteiger charge is 2.26. The summed E-state index contributed by atoms with van der Waals surface area (Å²) in [5.74, 6) is 0.939. The molecule has 5 heteroatoms. The molecule has 0 aromatic heterocycles. The van der Waals surface area contributed by atoms with Crippen LogP contribution in [0.25, 0.3) is 0 Å². The molecule has 0 aliphatic heterocycles. The number of Topliss-reactive ketones (excluding diaryl/α,β-unsaturated/α-hetero) is 1. The molecule has 2 fully saturated rings. The molecule has 0 spiro atoms. The summed E-state index contributed by atoms with van der Waals surface area (Å²) in [6, 6.07) is 0. The normalized spacial score (nSPS) is 16.7. The lowest BCUT2D eigenvalue weighted by Crippen LogP contribution is -2.25. The maximum absolute atomic E-state index is 11.1. The van der Waals surface area contributed by atoms with Crippen molar-refractivity contribution in [3.05, 3.63) is 0 Å². The predicted octanol–water partition coefficient (Wildman–Crippen LogP) is 4.49. The monoisotopic (exact) mass is 375 g/mol. The molecule has 0 atom stereocenters. The Hall–Kier alpha value is -0.940. The average molecular weight is 376 g/mol. The molecule has 0 unspecified atom stereocenters. The number of carbonyl (C=O) groups excluding carboxylic acids is 2. The number of aliphatic hydroxyl groups is 1. The highest BCUT2D eigenvalue weighted by Crippen LogP contribution is 2.29. The molecular weight excluding hydrogens is 330 g/mol. The van der Waals surface area contributed by atoms with Crippen LogP contribution in [0.2, 0.25) is 0 Å². The number of hydrogen-bond acceptors (Lipinski definition) is 4. The van der Waals surface area contributed by atoms with Crippen molar-refractivity contribution in [1.29, 1.82) is 0 Å². The summed E-state index contributed by atoms with van der Waals surface area (Å²) in [5.41, 5.74) is 5.02. The first-order valence-electron chi connectivity index (χ1n) is 10.4. The van der Waals surface area contributed by atoms with E-state index in [1.165, 1.54) is 38.5 Å². The summed E-state index contributed by atoms with van der Waals surface area (Å²) in [6.45, 7) is 8.66. The summed E-state index contributed by atoms with van der Waals surface area (Å²) in [6.07, 6.45) is 11.5. The molecule has 2 saturated carbocycles. The maximum atomic E-state index is 11.1. The van der Waals surface area contributed by atoms with E-state index in [-0.39, 0.29) is 13.3 Å². The smallest absolute Gasteiger partial charge is 0.217 e. The number of aliphatic hydroxyl groups excluding tert-OH is 1. The van der Waals surface area contributed by atoms with Gasteiger partial charge in [0.25, 0.3) is 0 Å². The molecule has 2 aliphatic carbocycles. The second kappa shape index (κ2) is 18.8. The Morgan fingerprint density at radius 2 is 1.58 bits per heavy atom. The topological polar surface area (TPSA) is 89.6 Å². The number of carbonyl (C=O) groups is 2. The number of primary amides is 1. The summed E-state index contributed by atoms with van der Waals surface area (Å²) in [4.78, 5) is 21.5. The van der Waals surface area contributed by atoms with Crippen LogP contribution >= 0.6 is 0 Å². The van der Waals surface area contributed by atoms with E-state index in [0.717, 1.165) is 26.4 Å². The van der Waals surface area contributed by atoms with Gasteiger partial charge in [-0.15, -0.1) is 0 Å². The van der Waals surface area contributed by atoms with Crippen LogP contribution in [0.4, 0.5) is 0 Å². The van der Waals surface area contributed by atoms with E-state index in [1.54, 1.807) is 0 Å². The molecule has 0 heterocycles. The fourth-order valence-electron chi connectivity index (χ4n) is 2.89. The fourth-order valence-corrected chi connectivity index (χ4v) is 2.89. The lowest BCUT2D eigenvalue weighted by atomic mass is 9.79. The highest BCUT2D eigenvalue weighted by molar-refractivity contribution is 5.83. The number of hydrogen-bond donors (Lipinski definition) is 2. The minimum atomic E-state index is -0.229. The van der Waals surface area contributed by atoms with Crippen LogP contribution in [0.15, 0.2) is 0 Å². The van der Waals surface area contributed by atoms with E-state index in [9.17, 15) is 9.59 Å². The van der Waals surface area contributed by atoms with E-state index < -0.39 is 0 Å². The molecule has 0 radical (unpaired) electrons. The second-order valence-corrected chi connectivity index (χ2v) is 6.89. The zero-order valence-electron chi connectivity index (χ0n) is 17.8. The maximum Gasteiger partial charge on any atom is 0.217 e. The fraction of sp³-hybridized carbons (Fsp3) is 0.905. The molecule has 1 amide bonds. The van der Waals surface area contributed by atoms with Crippen LogP contribution in [0, 0.1) is 11.8 Å². The standard InChI is InChI=1S/C10H19NO2.C8H14O.C2H6.CH4O.H2/c11-10(12)7-4-8-13-9-5-2-1-3-6-9;1-6(2)8(9)7-4-3-5-7;2*1-2;/h9H,1-8H2,(H2,11,12);6-7H,3-5H2,1-2H3;1-2H3;2H,1H3;1H. The van der Waals surface area contributed by atoms with Crippen LogP contribution in [-0.4, -0.2) is 36.6 Å². The SMILES string of the molecule is CC.CC(C)C(=O)C1CCC1.CO.NC(=O)CCCOC1CCCCC1.[HH]. The summed E-state index contributed by atoms with van der Waals surface area (Å²) < 4.78 is 5.63. The second-order valence-electron chi connectivity index (χ2n) is 6.89. The van der Waals surface area contributed by atoms with Crippen molar-refractivity contribution >= 4 is 11.7 Å². The first kappa shape index (κ1) is 27.3. The Labute approximate surface area is 162 Å². The Bertz CT molecular complexity index is 341. The van der Waals surface area contributed by atoms with Crippen LogP contribution in [0.1, 0.15) is 93.3 Å². The predicted molar refractivity (Wildman–Crippen MR) is 110 cm³/mol. The number of amides is 1. The first-order chi connectivity index (χ1) is 12.5. The Kier molecular flexibility index (Phi) is 19.8. The molecule has 2 rings (SSSR count). The van der Waals surface area contributed by atoms with Crippen LogP contribution in [-0.2, 0) is 14.3 Å². The van der Waals surface area contributed by atoms with Gasteiger partial charge in [0, 0.05) is 33.4 Å². The van der Waals surface area contributed by atoms with Gasteiger partial charge in [0.15, 0.2) is 0 Å².